The Morgan fingerprint density at radius 2 is 2.00 bits per heavy atom. The van der Waals surface area contributed by atoms with Gasteiger partial charge in [-0.25, -0.2) is 0 Å². The highest BCUT2D eigenvalue weighted by atomic mass is 16.5. The van der Waals surface area contributed by atoms with Crippen molar-refractivity contribution in [3.05, 3.63) is 53.1 Å². The van der Waals surface area contributed by atoms with E-state index in [9.17, 15) is 9.59 Å². The number of methoxy groups -OCH3 is 1. The molecule has 0 aromatic heterocycles. The molecule has 0 radical (unpaired) electrons. The number of rotatable bonds is 4. The monoisotopic (exact) mass is 324 g/mol. The van der Waals surface area contributed by atoms with Gasteiger partial charge in [-0.1, -0.05) is 23.8 Å². The Morgan fingerprint density at radius 1 is 1.21 bits per heavy atom. The zero-order chi connectivity index (χ0) is 17.3. The molecule has 124 valence electrons. The molecule has 0 fully saturated rings. The normalized spacial score (nSPS) is 15.6. The molecule has 1 heterocycles. The largest absolute Gasteiger partial charge is 0.497 e. The maximum absolute atomic E-state index is 12.4. The lowest BCUT2D eigenvalue weighted by atomic mass is 9.96. The minimum absolute atomic E-state index is 0.110. The van der Waals surface area contributed by atoms with Gasteiger partial charge in [0.1, 0.15) is 5.75 Å². The van der Waals surface area contributed by atoms with Gasteiger partial charge in [0.2, 0.25) is 11.8 Å². The van der Waals surface area contributed by atoms with E-state index < -0.39 is 5.92 Å². The summed E-state index contributed by atoms with van der Waals surface area (Å²) in [7, 11) is 1.58. The van der Waals surface area contributed by atoms with Gasteiger partial charge in [0.05, 0.1) is 13.0 Å². The first-order valence-electron chi connectivity index (χ1n) is 7.84. The lowest BCUT2D eigenvalue weighted by molar-refractivity contribution is -0.122. The molecule has 5 heteroatoms. The highest BCUT2D eigenvalue weighted by molar-refractivity contribution is 6.06. The van der Waals surface area contributed by atoms with E-state index in [1.807, 2.05) is 38.1 Å². The highest BCUT2D eigenvalue weighted by Gasteiger charge is 2.32. The number of aryl methyl sites for hydroxylation is 2. The summed E-state index contributed by atoms with van der Waals surface area (Å²) < 4.78 is 5.16. The van der Waals surface area contributed by atoms with E-state index in [1.165, 1.54) is 0 Å². The van der Waals surface area contributed by atoms with Gasteiger partial charge in [0.15, 0.2) is 0 Å². The highest BCUT2D eigenvalue weighted by Crippen LogP contribution is 2.37. The number of hydrogen-bond donors (Lipinski definition) is 2. The van der Waals surface area contributed by atoms with Crippen molar-refractivity contribution in [3.63, 3.8) is 0 Å². The number of ether oxygens (including phenoxy) is 1. The Labute approximate surface area is 141 Å². The molecule has 5 nitrogen and oxygen atoms in total. The topological polar surface area (TPSA) is 67.4 Å². The molecule has 1 atom stereocenters. The molecule has 0 aliphatic carbocycles. The molecule has 0 spiro atoms. The van der Waals surface area contributed by atoms with Crippen LogP contribution in [0.5, 0.6) is 5.75 Å². The molecule has 3 rings (SSSR count). The van der Waals surface area contributed by atoms with Crippen molar-refractivity contribution in [2.75, 3.05) is 17.7 Å². The van der Waals surface area contributed by atoms with Crippen molar-refractivity contribution in [2.24, 2.45) is 0 Å². The van der Waals surface area contributed by atoms with Crippen LogP contribution >= 0.6 is 0 Å². The van der Waals surface area contributed by atoms with Crippen LogP contribution in [0.3, 0.4) is 0 Å². The Bertz CT molecular complexity index is 814. The van der Waals surface area contributed by atoms with E-state index in [2.05, 4.69) is 10.6 Å². The van der Waals surface area contributed by atoms with Crippen LogP contribution in [0.4, 0.5) is 11.4 Å². The van der Waals surface area contributed by atoms with Gasteiger partial charge in [-0.15, -0.1) is 0 Å². The molecular formula is C19H20N2O3. The van der Waals surface area contributed by atoms with Crippen LogP contribution in [0.15, 0.2) is 36.4 Å². The number of hydrogen-bond acceptors (Lipinski definition) is 3. The summed E-state index contributed by atoms with van der Waals surface area (Å²) in [4.78, 5) is 24.6. The molecular weight excluding hydrogens is 304 g/mol. The Kier molecular flexibility index (Phi) is 4.25. The van der Waals surface area contributed by atoms with E-state index >= 15 is 0 Å². The summed E-state index contributed by atoms with van der Waals surface area (Å²) in [6.45, 7) is 3.96. The van der Waals surface area contributed by atoms with Gasteiger partial charge < -0.3 is 15.4 Å². The van der Waals surface area contributed by atoms with E-state index in [-0.39, 0.29) is 18.2 Å². The number of carbonyl (C=O) groups excluding carboxylic acids is 2. The smallest absolute Gasteiger partial charge is 0.232 e. The number of benzene rings is 2. The molecule has 2 aromatic rings. The number of carbonyl (C=O) groups is 2. The fraction of sp³-hybridized carbons (Fsp3) is 0.263. The van der Waals surface area contributed by atoms with Gasteiger partial charge in [0, 0.05) is 23.9 Å². The molecule has 0 bridgehead atoms. The van der Waals surface area contributed by atoms with Crippen LogP contribution in [-0.2, 0) is 9.59 Å². The van der Waals surface area contributed by atoms with Crippen molar-refractivity contribution >= 4 is 23.2 Å². The first kappa shape index (κ1) is 16.1. The van der Waals surface area contributed by atoms with Gasteiger partial charge in [-0.3, -0.25) is 9.59 Å². The lowest BCUT2D eigenvalue weighted by Gasteiger charge is -2.12. The zero-order valence-electron chi connectivity index (χ0n) is 14.0. The maximum Gasteiger partial charge on any atom is 0.232 e. The van der Waals surface area contributed by atoms with Crippen molar-refractivity contribution in [2.45, 2.75) is 26.2 Å². The average Bonchev–Trinajstić information content (AvgIpc) is 2.85. The number of nitrogens with one attached hydrogen (secondary N) is 2. The van der Waals surface area contributed by atoms with Gasteiger partial charge in [-0.2, -0.15) is 0 Å². The van der Waals surface area contributed by atoms with Crippen LogP contribution in [0, 0.1) is 13.8 Å². The fourth-order valence-corrected chi connectivity index (χ4v) is 2.98. The first-order valence-corrected chi connectivity index (χ1v) is 7.84. The molecule has 24 heavy (non-hydrogen) atoms. The average molecular weight is 324 g/mol. The SMILES string of the molecule is COc1ccc2c(c1)NC(=O)C2CC(=O)Nc1ccc(C)cc1C. The van der Waals surface area contributed by atoms with E-state index in [1.54, 1.807) is 19.2 Å². The summed E-state index contributed by atoms with van der Waals surface area (Å²) in [6.07, 6.45) is 0.110. The maximum atomic E-state index is 12.4. The van der Waals surface area contributed by atoms with Crippen molar-refractivity contribution in [1.29, 1.82) is 0 Å². The molecule has 0 saturated carbocycles. The minimum atomic E-state index is -0.475. The van der Waals surface area contributed by atoms with Crippen LogP contribution in [0.2, 0.25) is 0 Å². The van der Waals surface area contributed by atoms with Crippen LogP contribution in [0.25, 0.3) is 0 Å². The van der Waals surface area contributed by atoms with E-state index in [0.29, 0.717) is 11.4 Å². The second-order valence-corrected chi connectivity index (χ2v) is 6.07. The van der Waals surface area contributed by atoms with Crippen LogP contribution in [-0.4, -0.2) is 18.9 Å². The number of amides is 2. The van der Waals surface area contributed by atoms with Gasteiger partial charge in [0.25, 0.3) is 0 Å². The molecule has 2 N–H and O–H groups in total. The number of anilines is 2. The lowest BCUT2D eigenvalue weighted by Crippen LogP contribution is -2.20. The van der Waals surface area contributed by atoms with E-state index in [4.69, 9.17) is 4.74 Å². The molecule has 1 aliphatic rings. The van der Waals surface area contributed by atoms with E-state index in [0.717, 1.165) is 22.4 Å². The third kappa shape index (κ3) is 3.11. The second kappa shape index (κ2) is 6.35. The Balaban J connectivity index is 1.74. The quantitative estimate of drug-likeness (QED) is 0.906. The zero-order valence-corrected chi connectivity index (χ0v) is 14.0. The summed E-state index contributed by atoms with van der Waals surface area (Å²) in [5.41, 5.74) is 4.46. The van der Waals surface area contributed by atoms with Crippen molar-refractivity contribution in [1.82, 2.24) is 0 Å². The fourth-order valence-electron chi connectivity index (χ4n) is 2.98. The standard InChI is InChI=1S/C19H20N2O3/c1-11-4-7-16(12(2)8-11)20-18(22)10-15-14-6-5-13(24-3)9-17(14)21-19(15)23/h4-9,15H,10H2,1-3H3,(H,20,22)(H,21,23). The van der Waals surface area contributed by atoms with Crippen molar-refractivity contribution in [3.8, 4) is 5.75 Å². The second-order valence-electron chi connectivity index (χ2n) is 6.07. The summed E-state index contributed by atoms with van der Waals surface area (Å²) >= 11 is 0. The van der Waals surface area contributed by atoms with Crippen molar-refractivity contribution < 1.29 is 14.3 Å². The summed E-state index contributed by atoms with van der Waals surface area (Å²) in [6, 6.07) is 11.3. The Hall–Kier alpha value is -2.82. The Morgan fingerprint density at radius 3 is 2.71 bits per heavy atom. The predicted octanol–water partition coefficient (Wildman–Crippen LogP) is 3.38. The van der Waals surface area contributed by atoms with Gasteiger partial charge >= 0.3 is 0 Å². The molecule has 1 unspecified atom stereocenters. The van der Waals surface area contributed by atoms with Crippen LogP contribution in [0.1, 0.15) is 29.0 Å². The minimum Gasteiger partial charge on any atom is -0.497 e. The molecule has 2 amide bonds. The first-order chi connectivity index (χ1) is 11.5. The van der Waals surface area contributed by atoms with Crippen LogP contribution < -0.4 is 15.4 Å². The van der Waals surface area contributed by atoms with Gasteiger partial charge in [-0.05, 0) is 37.1 Å². The number of fused-ring (bicyclic) bond motifs is 1. The predicted molar refractivity (Wildman–Crippen MR) is 93.5 cm³/mol. The molecule has 2 aromatic carbocycles. The summed E-state index contributed by atoms with van der Waals surface area (Å²) in [5, 5.41) is 5.71. The summed E-state index contributed by atoms with van der Waals surface area (Å²) in [5.74, 6) is -0.133. The third-order valence-corrected chi connectivity index (χ3v) is 4.26. The third-order valence-electron chi connectivity index (χ3n) is 4.26. The molecule has 1 aliphatic heterocycles. The molecule has 0 saturated heterocycles.